The van der Waals surface area contributed by atoms with Gasteiger partial charge in [-0.3, -0.25) is 9.59 Å². The summed E-state index contributed by atoms with van der Waals surface area (Å²) in [6.07, 6.45) is 0.325. The molecule has 0 aliphatic carbocycles. The molecule has 0 aliphatic heterocycles. The topological polar surface area (TPSA) is 95.5 Å². The van der Waals surface area contributed by atoms with Crippen LogP contribution in [0, 0.1) is 5.92 Å². The van der Waals surface area contributed by atoms with E-state index in [0.717, 1.165) is 11.1 Å². The Morgan fingerprint density at radius 2 is 1.39 bits per heavy atom. The van der Waals surface area contributed by atoms with E-state index in [-0.39, 0.29) is 18.4 Å². The van der Waals surface area contributed by atoms with Gasteiger partial charge in [0.25, 0.3) is 0 Å². The number of hydrogen-bond acceptors (Lipinski definition) is 3. The quantitative estimate of drug-likeness (QED) is 0.621. The van der Waals surface area contributed by atoms with Crippen LogP contribution in [0.1, 0.15) is 37.3 Å². The third-order valence-electron chi connectivity index (χ3n) is 4.29. The van der Waals surface area contributed by atoms with Crippen LogP contribution in [0.5, 0.6) is 0 Å². The van der Waals surface area contributed by atoms with Crippen LogP contribution in [-0.2, 0) is 14.4 Å². The van der Waals surface area contributed by atoms with Crippen LogP contribution in [-0.4, -0.2) is 35.5 Å². The number of carbonyl (C=O) groups is 3. The predicted molar refractivity (Wildman–Crippen MR) is 107 cm³/mol. The molecular weight excluding hydrogens is 356 g/mol. The zero-order valence-corrected chi connectivity index (χ0v) is 16.1. The van der Waals surface area contributed by atoms with E-state index in [2.05, 4.69) is 10.6 Å². The van der Waals surface area contributed by atoms with Gasteiger partial charge in [-0.1, -0.05) is 74.5 Å². The Bertz CT molecular complexity index is 751. The van der Waals surface area contributed by atoms with E-state index < -0.39 is 23.8 Å². The smallest absolute Gasteiger partial charge is 0.326 e. The molecule has 2 aromatic rings. The maximum Gasteiger partial charge on any atom is 0.326 e. The van der Waals surface area contributed by atoms with Gasteiger partial charge >= 0.3 is 5.97 Å². The summed E-state index contributed by atoms with van der Waals surface area (Å²) in [4.78, 5) is 36.3. The molecule has 0 fully saturated rings. The lowest BCUT2D eigenvalue weighted by Gasteiger charge is -2.19. The van der Waals surface area contributed by atoms with Crippen LogP contribution in [0.2, 0.25) is 0 Å². The highest BCUT2D eigenvalue weighted by atomic mass is 16.4. The fraction of sp³-hybridized carbons (Fsp3) is 0.318. The van der Waals surface area contributed by atoms with Crippen LogP contribution in [0.3, 0.4) is 0 Å². The van der Waals surface area contributed by atoms with Gasteiger partial charge in [0.05, 0.1) is 12.5 Å². The molecule has 3 N–H and O–H groups in total. The molecular formula is C22H26N2O4. The standard InChI is InChI=1S/C22H26N2O4/c1-15(2)13-18(22(27)28)24-19(25)14-23-21(26)20(16-9-5-3-6-10-16)17-11-7-4-8-12-17/h3-12,15,18,20H,13-14H2,1-2H3,(H,23,26)(H,24,25)(H,27,28)/t18-/m0/s1. The summed E-state index contributed by atoms with van der Waals surface area (Å²) in [6, 6.07) is 17.6. The van der Waals surface area contributed by atoms with E-state index in [1.807, 2.05) is 74.5 Å². The average Bonchev–Trinajstić information content (AvgIpc) is 2.67. The van der Waals surface area contributed by atoms with E-state index in [4.69, 9.17) is 0 Å². The maximum absolute atomic E-state index is 12.8. The number of aliphatic carboxylic acids is 1. The van der Waals surface area contributed by atoms with Crippen molar-refractivity contribution in [3.63, 3.8) is 0 Å². The molecule has 0 unspecified atom stereocenters. The first kappa shape index (κ1) is 21.2. The van der Waals surface area contributed by atoms with Crippen molar-refractivity contribution >= 4 is 17.8 Å². The van der Waals surface area contributed by atoms with Crippen molar-refractivity contribution in [2.24, 2.45) is 5.92 Å². The number of carboxylic acid groups (broad SMARTS) is 1. The summed E-state index contributed by atoms with van der Waals surface area (Å²) in [5.74, 6) is -2.36. The van der Waals surface area contributed by atoms with Gasteiger partial charge in [0, 0.05) is 0 Å². The highest BCUT2D eigenvalue weighted by Crippen LogP contribution is 2.24. The molecule has 6 nitrogen and oxygen atoms in total. The zero-order valence-electron chi connectivity index (χ0n) is 16.1. The minimum atomic E-state index is -1.08. The highest BCUT2D eigenvalue weighted by molar-refractivity contribution is 5.91. The molecule has 0 saturated carbocycles. The molecule has 6 heteroatoms. The molecule has 0 radical (unpaired) electrons. The zero-order chi connectivity index (χ0) is 20.5. The van der Waals surface area contributed by atoms with Crippen molar-refractivity contribution in [3.8, 4) is 0 Å². The molecule has 0 heterocycles. The molecule has 0 bridgehead atoms. The largest absolute Gasteiger partial charge is 0.480 e. The average molecular weight is 382 g/mol. The van der Waals surface area contributed by atoms with Crippen LogP contribution in [0.4, 0.5) is 0 Å². The van der Waals surface area contributed by atoms with Gasteiger partial charge < -0.3 is 15.7 Å². The first-order chi connectivity index (χ1) is 13.4. The lowest BCUT2D eigenvalue weighted by molar-refractivity contribution is -0.142. The molecule has 2 aromatic carbocycles. The monoisotopic (exact) mass is 382 g/mol. The van der Waals surface area contributed by atoms with E-state index >= 15 is 0 Å². The van der Waals surface area contributed by atoms with Gasteiger partial charge in [-0.25, -0.2) is 4.79 Å². The summed E-state index contributed by atoms with van der Waals surface area (Å²) < 4.78 is 0. The third kappa shape index (κ3) is 6.23. The molecule has 0 saturated heterocycles. The number of carbonyl (C=O) groups excluding carboxylic acids is 2. The van der Waals surface area contributed by atoms with Crippen molar-refractivity contribution in [2.75, 3.05) is 6.54 Å². The summed E-state index contributed by atoms with van der Waals surface area (Å²) in [5.41, 5.74) is 1.63. The first-order valence-electron chi connectivity index (χ1n) is 9.28. The van der Waals surface area contributed by atoms with Gasteiger partial charge in [0.1, 0.15) is 6.04 Å². The molecule has 0 spiro atoms. The number of rotatable bonds is 9. The summed E-state index contributed by atoms with van der Waals surface area (Å²) in [7, 11) is 0. The second kappa shape index (κ2) is 10.3. The highest BCUT2D eigenvalue weighted by Gasteiger charge is 2.24. The minimum Gasteiger partial charge on any atom is -0.480 e. The Kier molecular flexibility index (Phi) is 7.75. The van der Waals surface area contributed by atoms with Crippen molar-refractivity contribution in [1.29, 1.82) is 0 Å². The third-order valence-corrected chi connectivity index (χ3v) is 4.29. The number of nitrogens with one attached hydrogen (secondary N) is 2. The number of amides is 2. The van der Waals surface area contributed by atoms with Crippen molar-refractivity contribution < 1.29 is 19.5 Å². The summed E-state index contributed by atoms with van der Waals surface area (Å²) >= 11 is 0. The second-order valence-electron chi connectivity index (χ2n) is 7.06. The Hall–Kier alpha value is -3.15. The van der Waals surface area contributed by atoms with Gasteiger partial charge in [0.2, 0.25) is 11.8 Å². The van der Waals surface area contributed by atoms with E-state index in [0.29, 0.717) is 6.42 Å². The molecule has 28 heavy (non-hydrogen) atoms. The van der Waals surface area contributed by atoms with Gasteiger partial charge in [0.15, 0.2) is 0 Å². The van der Waals surface area contributed by atoms with E-state index in [1.54, 1.807) is 0 Å². The summed E-state index contributed by atoms with van der Waals surface area (Å²) in [6.45, 7) is 3.49. The fourth-order valence-electron chi connectivity index (χ4n) is 2.99. The Morgan fingerprint density at radius 1 is 0.893 bits per heavy atom. The van der Waals surface area contributed by atoms with Crippen molar-refractivity contribution in [2.45, 2.75) is 32.2 Å². The Morgan fingerprint density at radius 3 is 1.82 bits per heavy atom. The van der Waals surface area contributed by atoms with E-state index in [9.17, 15) is 19.5 Å². The van der Waals surface area contributed by atoms with E-state index in [1.165, 1.54) is 0 Å². The van der Waals surface area contributed by atoms with Gasteiger partial charge in [-0.15, -0.1) is 0 Å². The van der Waals surface area contributed by atoms with Crippen LogP contribution < -0.4 is 10.6 Å². The molecule has 2 rings (SSSR count). The minimum absolute atomic E-state index is 0.122. The number of benzene rings is 2. The van der Waals surface area contributed by atoms with Crippen LogP contribution in [0.25, 0.3) is 0 Å². The molecule has 1 atom stereocenters. The lowest BCUT2D eigenvalue weighted by atomic mass is 9.90. The normalized spacial score (nSPS) is 11.9. The SMILES string of the molecule is CC(C)C[C@H](NC(=O)CNC(=O)C(c1ccccc1)c1ccccc1)C(=O)O. The second-order valence-corrected chi connectivity index (χ2v) is 7.06. The van der Waals surface area contributed by atoms with Crippen LogP contribution >= 0.6 is 0 Å². The summed E-state index contributed by atoms with van der Waals surface area (Å²) in [5, 5.41) is 14.3. The predicted octanol–water partition coefficient (Wildman–Crippen LogP) is 2.55. The maximum atomic E-state index is 12.8. The van der Waals surface area contributed by atoms with Crippen molar-refractivity contribution in [3.05, 3.63) is 71.8 Å². The van der Waals surface area contributed by atoms with Crippen molar-refractivity contribution in [1.82, 2.24) is 10.6 Å². The first-order valence-corrected chi connectivity index (χ1v) is 9.28. The van der Waals surface area contributed by atoms with Gasteiger partial charge in [-0.2, -0.15) is 0 Å². The Balaban J connectivity index is 2.06. The fourth-order valence-corrected chi connectivity index (χ4v) is 2.99. The Labute approximate surface area is 165 Å². The molecule has 2 amide bonds. The number of hydrogen-bond donors (Lipinski definition) is 3. The van der Waals surface area contributed by atoms with Crippen LogP contribution in [0.15, 0.2) is 60.7 Å². The lowest BCUT2D eigenvalue weighted by Crippen LogP contribution is -2.46. The molecule has 148 valence electrons. The van der Waals surface area contributed by atoms with Gasteiger partial charge in [-0.05, 0) is 23.5 Å². The molecule has 0 aliphatic rings. The molecule has 0 aromatic heterocycles. The number of carboxylic acids is 1.